The quantitative estimate of drug-likeness (QED) is 0.788. The second-order valence-corrected chi connectivity index (χ2v) is 5.98. The van der Waals surface area contributed by atoms with Crippen molar-refractivity contribution in [2.24, 2.45) is 5.92 Å². The monoisotopic (exact) mass is 327 g/mol. The summed E-state index contributed by atoms with van der Waals surface area (Å²) in [5.41, 5.74) is 7.63. The van der Waals surface area contributed by atoms with Crippen LogP contribution in [0, 0.1) is 5.92 Å². The lowest BCUT2D eigenvalue weighted by atomic mass is 10.2. The van der Waals surface area contributed by atoms with Crippen molar-refractivity contribution in [3.05, 3.63) is 28.2 Å². The molecule has 1 aromatic carbocycles. The normalized spacial score (nSPS) is 11.1. The summed E-state index contributed by atoms with van der Waals surface area (Å²) in [6.45, 7) is 5.94. The van der Waals surface area contributed by atoms with Gasteiger partial charge < -0.3 is 11.1 Å². The van der Waals surface area contributed by atoms with Crippen molar-refractivity contribution in [3.8, 4) is 0 Å². The Morgan fingerprint density at radius 2 is 2.16 bits per heavy atom. The van der Waals surface area contributed by atoms with Gasteiger partial charge in [-0.2, -0.15) is 0 Å². The van der Waals surface area contributed by atoms with Gasteiger partial charge in [-0.15, -0.1) is 0 Å². The minimum absolute atomic E-state index is 0.0521. The molecule has 0 aliphatic carbocycles. The standard InChI is InChI=1S/C14H22BrN3O/c1-10(2)7-17-13(19)9-18(3)8-11-5-4-6-12(16)14(11)15/h4-6,10H,7-9,16H2,1-3H3,(H,17,19). The Bertz CT molecular complexity index is 435. The first-order valence-corrected chi connectivity index (χ1v) is 7.17. The highest BCUT2D eigenvalue weighted by molar-refractivity contribution is 9.10. The van der Waals surface area contributed by atoms with Crippen LogP contribution < -0.4 is 11.1 Å². The van der Waals surface area contributed by atoms with E-state index in [0.717, 1.165) is 15.7 Å². The van der Waals surface area contributed by atoms with Crippen LogP contribution in [0.4, 0.5) is 5.69 Å². The number of nitrogens with one attached hydrogen (secondary N) is 1. The van der Waals surface area contributed by atoms with E-state index in [-0.39, 0.29) is 5.91 Å². The Morgan fingerprint density at radius 1 is 1.47 bits per heavy atom. The molecule has 1 amide bonds. The van der Waals surface area contributed by atoms with Gasteiger partial charge in [-0.1, -0.05) is 26.0 Å². The molecule has 0 heterocycles. The molecule has 0 spiro atoms. The Kier molecular flexibility index (Phi) is 6.31. The number of hydrogen-bond acceptors (Lipinski definition) is 3. The summed E-state index contributed by atoms with van der Waals surface area (Å²) in [4.78, 5) is 13.7. The van der Waals surface area contributed by atoms with Crippen LogP contribution in [-0.2, 0) is 11.3 Å². The van der Waals surface area contributed by atoms with Crippen LogP contribution in [0.5, 0.6) is 0 Å². The highest BCUT2D eigenvalue weighted by Gasteiger charge is 2.10. The number of halogens is 1. The number of carbonyl (C=O) groups excluding carboxylic acids is 1. The average molecular weight is 328 g/mol. The SMILES string of the molecule is CC(C)CNC(=O)CN(C)Cc1cccc(N)c1Br. The van der Waals surface area contributed by atoms with E-state index in [0.29, 0.717) is 25.6 Å². The molecule has 0 saturated carbocycles. The molecule has 3 N–H and O–H groups in total. The maximum absolute atomic E-state index is 11.7. The molecular weight excluding hydrogens is 306 g/mol. The number of rotatable bonds is 6. The van der Waals surface area contributed by atoms with Crippen LogP contribution in [0.25, 0.3) is 0 Å². The number of amides is 1. The van der Waals surface area contributed by atoms with Crippen LogP contribution in [-0.4, -0.2) is 30.9 Å². The molecule has 0 fully saturated rings. The first kappa shape index (κ1) is 16.0. The number of anilines is 1. The number of benzene rings is 1. The van der Waals surface area contributed by atoms with Gasteiger partial charge in [-0.25, -0.2) is 0 Å². The number of nitrogens with zero attached hydrogens (tertiary/aromatic N) is 1. The van der Waals surface area contributed by atoms with Gasteiger partial charge in [0.2, 0.25) is 5.91 Å². The molecule has 0 radical (unpaired) electrons. The van der Waals surface area contributed by atoms with Gasteiger partial charge in [0.25, 0.3) is 0 Å². The molecule has 0 unspecified atom stereocenters. The van der Waals surface area contributed by atoms with Gasteiger partial charge >= 0.3 is 0 Å². The van der Waals surface area contributed by atoms with E-state index in [9.17, 15) is 4.79 Å². The van der Waals surface area contributed by atoms with Gasteiger partial charge in [0.05, 0.1) is 6.54 Å². The van der Waals surface area contributed by atoms with E-state index >= 15 is 0 Å². The number of hydrogen-bond donors (Lipinski definition) is 2. The molecule has 0 aromatic heterocycles. The highest BCUT2D eigenvalue weighted by atomic mass is 79.9. The maximum atomic E-state index is 11.7. The summed E-state index contributed by atoms with van der Waals surface area (Å²) < 4.78 is 0.907. The van der Waals surface area contributed by atoms with E-state index in [1.165, 1.54) is 0 Å². The lowest BCUT2D eigenvalue weighted by molar-refractivity contribution is -0.122. The maximum Gasteiger partial charge on any atom is 0.234 e. The van der Waals surface area contributed by atoms with Crippen LogP contribution in [0.1, 0.15) is 19.4 Å². The molecule has 1 aromatic rings. The summed E-state index contributed by atoms with van der Waals surface area (Å²) in [6, 6.07) is 5.77. The largest absolute Gasteiger partial charge is 0.398 e. The second-order valence-electron chi connectivity index (χ2n) is 5.19. The minimum Gasteiger partial charge on any atom is -0.398 e. The third-order valence-corrected chi connectivity index (χ3v) is 3.64. The van der Waals surface area contributed by atoms with Crippen molar-refractivity contribution in [2.75, 3.05) is 25.9 Å². The fourth-order valence-electron chi connectivity index (χ4n) is 1.69. The summed E-state index contributed by atoms with van der Waals surface area (Å²) in [7, 11) is 1.92. The van der Waals surface area contributed by atoms with Crippen LogP contribution >= 0.6 is 15.9 Å². The minimum atomic E-state index is 0.0521. The van der Waals surface area contributed by atoms with Gasteiger partial charge in [-0.05, 0) is 40.5 Å². The van der Waals surface area contributed by atoms with Gasteiger partial charge in [-0.3, -0.25) is 9.69 Å². The zero-order valence-electron chi connectivity index (χ0n) is 11.7. The lowest BCUT2D eigenvalue weighted by Crippen LogP contribution is -2.36. The molecule has 4 nitrogen and oxygen atoms in total. The van der Waals surface area contributed by atoms with Crippen molar-refractivity contribution in [1.29, 1.82) is 0 Å². The molecule has 0 saturated heterocycles. The summed E-state index contributed by atoms with van der Waals surface area (Å²) >= 11 is 3.47. The van der Waals surface area contributed by atoms with E-state index in [1.807, 2.05) is 30.1 Å². The van der Waals surface area contributed by atoms with E-state index in [2.05, 4.69) is 35.1 Å². The Hall–Kier alpha value is -1.07. The molecule has 19 heavy (non-hydrogen) atoms. The molecule has 5 heteroatoms. The van der Waals surface area contributed by atoms with E-state index in [1.54, 1.807) is 0 Å². The van der Waals surface area contributed by atoms with E-state index < -0.39 is 0 Å². The van der Waals surface area contributed by atoms with Gasteiger partial charge in [0, 0.05) is 23.2 Å². The molecule has 0 atom stereocenters. The first-order valence-electron chi connectivity index (χ1n) is 6.38. The fraction of sp³-hybridized carbons (Fsp3) is 0.500. The summed E-state index contributed by atoms with van der Waals surface area (Å²) in [5, 5.41) is 2.91. The van der Waals surface area contributed by atoms with Crippen molar-refractivity contribution >= 4 is 27.5 Å². The van der Waals surface area contributed by atoms with Crippen LogP contribution in [0.2, 0.25) is 0 Å². The second kappa shape index (κ2) is 7.50. The molecule has 0 aliphatic heterocycles. The molecule has 0 bridgehead atoms. The summed E-state index contributed by atoms with van der Waals surface area (Å²) in [6.07, 6.45) is 0. The fourth-order valence-corrected chi connectivity index (χ4v) is 2.08. The third-order valence-electron chi connectivity index (χ3n) is 2.67. The molecular formula is C14H22BrN3O. The lowest BCUT2D eigenvalue weighted by Gasteiger charge is -2.18. The predicted octanol–water partition coefficient (Wildman–Crippen LogP) is 2.24. The van der Waals surface area contributed by atoms with Gasteiger partial charge in [0.15, 0.2) is 0 Å². The Balaban J connectivity index is 2.49. The average Bonchev–Trinajstić information content (AvgIpc) is 2.32. The molecule has 1 rings (SSSR count). The number of nitrogen functional groups attached to an aromatic ring is 1. The summed E-state index contributed by atoms with van der Waals surface area (Å²) in [5.74, 6) is 0.522. The predicted molar refractivity (Wildman–Crippen MR) is 82.7 cm³/mol. The zero-order chi connectivity index (χ0) is 14.4. The van der Waals surface area contributed by atoms with Crippen molar-refractivity contribution < 1.29 is 4.79 Å². The third kappa shape index (κ3) is 5.61. The topological polar surface area (TPSA) is 58.4 Å². The molecule has 0 aliphatic rings. The van der Waals surface area contributed by atoms with E-state index in [4.69, 9.17) is 5.73 Å². The van der Waals surface area contributed by atoms with Gasteiger partial charge in [0.1, 0.15) is 0 Å². The Morgan fingerprint density at radius 3 is 2.79 bits per heavy atom. The van der Waals surface area contributed by atoms with Crippen molar-refractivity contribution in [3.63, 3.8) is 0 Å². The number of carbonyl (C=O) groups is 1. The van der Waals surface area contributed by atoms with Crippen LogP contribution in [0.15, 0.2) is 22.7 Å². The van der Waals surface area contributed by atoms with Crippen LogP contribution in [0.3, 0.4) is 0 Å². The van der Waals surface area contributed by atoms with Crippen molar-refractivity contribution in [1.82, 2.24) is 10.2 Å². The highest BCUT2D eigenvalue weighted by Crippen LogP contribution is 2.24. The smallest absolute Gasteiger partial charge is 0.234 e. The molecule has 106 valence electrons. The first-order chi connectivity index (χ1) is 8.90. The zero-order valence-corrected chi connectivity index (χ0v) is 13.3. The number of nitrogens with two attached hydrogens (primary N) is 1. The van der Waals surface area contributed by atoms with Crippen molar-refractivity contribution in [2.45, 2.75) is 20.4 Å². The number of likely N-dealkylation sites (N-methyl/N-ethyl adjacent to an activating group) is 1. The Labute approximate surface area is 123 Å².